The lowest BCUT2D eigenvalue weighted by molar-refractivity contribution is -0.159. The number of nitrogens with one attached hydrogen (secondary N) is 2. The Labute approximate surface area is 232 Å². The normalized spacial score (nSPS) is 30.6. The van der Waals surface area contributed by atoms with Gasteiger partial charge in [0, 0.05) is 48.3 Å². The second kappa shape index (κ2) is 11.0. The van der Waals surface area contributed by atoms with Crippen molar-refractivity contribution in [1.29, 1.82) is 0 Å². The standard InChI is InChI=1S/C24H32F2N8O5S/c1-10-17-16(11(2)29-21(35)20(25)26)23(37)34(17)18(24(38)39)19(10)40-14-5-15(28-7-14)22(36)32-4-3-13(9-32)33-8-12(6-27)30-31-33/h8,10-11,13-17,20,28H,3-7,9,27H2,1-2H3,(H,29,35)(H,38,39)/t10-,11-,13+,14+,15+,16-,17+/m1/s1. The zero-order valence-electron chi connectivity index (χ0n) is 22.0. The summed E-state index contributed by atoms with van der Waals surface area (Å²) in [6, 6.07) is -1.84. The summed E-state index contributed by atoms with van der Waals surface area (Å²) >= 11 is 1.34. The van der Waals surface area contributed by atoms with Gasteiger partial charge in [0.05, 0.1) is 35.9 Å². The summed E-state index contributed by atoms with van der Waals surface area (Å²) in [6.07, 6.45) is -0.185. The van der Waals surface area contributed by atoms with Crippen LogP contribution >= 0.6 is 11.8 Å². The van der Waals surface area contributed by atoms with Crippen molar-refractivity contribution >= 4 is 35.5 Å². The van der Waals surface area contributed by atoms with Gasteiger partial charge in [-0.05, 0) is 19.8 Å². The molecule has 13 nitrogen and oxygen atoms in total. The molecule has 0 saturated carbocycles. The highest BCUT2D eigenvalue weighted by molar-refractivity contribution is 8.03. The van der Waals surface area contributed by atoms with Crippen molar-refractivity contribution in [2.24, 2.45) is 17.6 Å². The number of alkyl halides is 2. The molecule has 1 aromatic rings. The van der Waals surface area contributed by atoms with E-state index in [9.17, 15) is 33.1 Å². The maximum absolute atomic E-state index is 13.3. The van der Waals surface area contributed by atoms with Gasteiger partial charge < -0.3 is 31.3 Å². The number of rotatable bonds is 9. The van der Waals surface area contributed by atoms with Gasteiger partial charge in [0.15, 0.2) is 0 Å². The number of nitrogens with zero attached hydrogens (tertiary/aromatic N) is 5. The first-order valence-electron chi connectivity index (χ1n) is 13.2. The number of aliphatic carboxylic acids is 1. The van der Waals surface area contributed by atoms with E-state index in [1.807, 2.05) is 0 Å². The van der Waals surface area contributed by atoms with Gasteiger partial charge in [-0.25, -0.2) is 9.48 Å². The highest BCUT2D eigenvalue weighted by atomic mass is 32.2. The van der Waals surface area contributed by atoms with Gasteiger partial charge in [-0.1, -0.05) is 12.1 Å². The number of hydrogen-bond donors (Lipinski definition) is 4. The van der Waals surface area contributed by atoms with Gasteiger partial charge >= 0.3 is 12.4 Å². The fraction of sp³-hybridized carbons (Fsp3) is 0.667. The molecule has 5 rings (SSSR count). The van der Waals surface area contributed by atoms with Crippen LogP contribution in [0.1, 0.15) is 38.4 Å². The molecule has 0 radical (unpaired) electrons. The summed E-state index contributed by atoms with van der Waals surface area (Å²) in [4.78, 5) is 53.4. The number of carboxylic acid groups (broad SMARTS) is 1. The third-order valence-corrected chi connectivity index (χ3v) is 9.71. The summed E-state index contributed by atoms with van der Waals surface area (Å²) < 4.78 is 27.2. The Morgan fingerprint density at radius 3 is 2.75 bits per heavy atom. The van der Waals surface area contributed by atoms with Gasteiger partial charge in [0.25, 0.3) is 5.91 Å². The van der Waals surface area contributed by atoms with Crippen LogP contribution < -0.4 is 16.4 Å². The summed E-state index contributed by atoms with van der Waals surface area (Å²) in [7, 11) is 0. The number of hydrogen-bond acceptors (Lipinski definition) is 9. The van der Waals surface area contributed by atoms with Crippen LogP contribution in [-0.4, -0.2) is 103 Å². The van der Waals surface area contributed by atoms with E-state index in [1.54, 1.807) is 22.7 Å². The molecule has 0 bridgehead atoms. The minimum absolute atomic E-state index is 0.0221. The van der Waals surface area contributed by atoms with Crippen molar-refractivity contribution in [2.45, 2.75) is 69.1 Å². The quantitative estimate of drug-likeness (QED) is 0.278. The van der Waals surface area contributed by atoms with Gasteiger partial charge in [-0.3, -0.25) is 14.4 Å². The van der Waals surface area contributed by atoms with Gasteiger partial charge in [0.2, 0.25) is 11.8 Å². The van der Waals surface area contributed by atoms with E-state index in [1.165, 1.54) is 23.6 Å². The van der Waals surface area contributed by atoms with E-state index in [0.29, 0.717) is 43.2 Å². The van der Waals surface area contributed by atoms with Crippen LogP contribution in [0.25, 0.3) is 0 Å². The summed E-state index contributed by atoms with van der Waals surface area (Å²) in [5.74, 6) is -4.45. The molecule has 40 heavy (non-hydrogen) atoms. The van der Waals surface area contributed by atoms with Crippen molar-refractivity contribution < 1.29 is 33.1 Å². The van der Waals surface area contributed by atoms with Crippen LogP contribution in [0.5, 0.6) is 0 Å². The maximum atomic E-state index is 13.3. The smallest absolute Gasteiger partial charge is 0.353 e. The topological polar surface area (TPSA) is 176 Å². The fourth-order valence-corrected chi connectivity index (χ4v) is 7.68. The Morgan fingerprint density at radius 2 is 2.10 bits per heavy atom. The minimum Gasteiger partial charge on any atom is -0.477 e. The largest absolute Gasteiger partial charge is 0.477 e. The first kappa shape index (κ1) is 28.4. The van der Waals surface area contributed by atoms with E-state index in [-0.39, 0.29) is 28.8 Å². The van der Waals surface area contributed by atoms with E-state index in [0.717, 1.165) is 6.42 Å². The predicted molar refractivity (Wildman–Crippen MR) is 137 cm³/mol. The van der Waals surface area contributed by atoms with Crippen LogP contribution in [0.2, 0.25) is 0 Å². The molecule has 3 fully saturated rings. The van der Waals surface area contributed by atoms with Crippen LogP contribution in [0, 0.1) is 11.8 Å². The van der Waals surface area contributed by atoms with E-state index >= 15 is 0 Å². The molecule has 0 aliphatic carbocycles. The molecule has 1 aromatic heterocycles. The molecular formula is C24H32F2N8O5S. The third kappa shape index (κ3) is 4.96. The highest BCUT2D eigenvalue weighted by Crippen LogP contribution is 2.52. The van der Waals surface area contributed by atoms with Crippen molar-refractivity contribution in [2.75, 3.05) is 19.6 Å². The van der Waals surface area contributed by atoms with Crippen LogP contribution in [0.15, 0.2) is 16.8 Å². The number of carbonyl (C=O) groups is 4. The fourth-order valence-electron chi connectivity index (χ4n) is 6.20. The lowest BCUT2D eigenvalue weighted by Gasteiger charge is -2.47. The Kier molecular flexibility index (Phi) is 7.85. The summed E-state index contributed by atoms with van der Waals surface area (Å²) in [5, 5.41) is 23.4. The Bertz CT molecular complexity index is 1240. The summed E-state index contributed by atoms with van der Waals surface area (Å²) in [6.45, 7) is 5.14. The Morgan fingerprint density at radius 1 is 1.35 bits per heavy atom. The average molecular weight is 583 g/mol. The van der Waals surface area contributed by atoms with Crippen LogP contribution in [0.4, 0.5) is 8.78 Å². The molecule has 3 amide bonds. The molecule has 218 valence electrons. The molecule has 5 heterocycles. The second-order valence-electron chi connectivity index (χ2n) is 10.7. The number of aromatic nitrogens is 3. The lowest BCUT2D eigenvalue weighted by atomic mass is 9.78. The number of fused-ring (bicyclic) bond motifs is 1. The van der Waals surface area contributed by atoms with Crippen molar-refractivity contribution in [1.82, 2.24) is 35.4 Å². The predicted octanol–water partition coefficient (Wildman–Crippen LogP) is -0.483. The number of nitrogens with two attached hydrogens (primary N) is 1. The number of β-lactam (4-membered cyclic amide) rings is 1. The number of likely N-dealkylation sites (tertiary alicyclic amines) is 1. The van der Waals surface area contributed by atoms with E-state index < -0.39 is 48.3 Å². The third-order valence-electron chi connectivity index (χ3n) is 8.20. The van der Waals surface area contributed by atoms with E-state index in [4.69, 9.17) is 5.73 Å². The van der Waals surface area contributed by atoms with Crippen molar-refractivity contribution in [3.8, 4) is 0 Å². The van der Waals surface area contributed by atoms with Crippen LogP contribution in [-0.2, 0) is 25.7 Å². The molecule has 0 unspecified atom stereocenters. The lowest BCUT2D eigenvalue weighted by Crippen LogP contribution is -2.66. The highest BCUT2D eigenvalue weighted by Gasteiger charge is 2.60. The van der Waals surface area contributed by atoms with Gasteiger partial charge in [-0.2, -0.15) is 8.78 Å². The SMILES string of the molecule is C[C@@H](NC(=O)C(F)F)[C@H]1C(=O)N2C(C(=O)O)=C(S[C@@H]3CN[C@H](C(=O)N4CC[C@H](n5cc(CN)nn5)C4)C3)[C@H](C)[C@@H]12. The average Bonchev–Trinajstić information content (AvgIpc) is 3.70. The number of halogens is 2. The summed E-state index contributed by atoms with van der Waals surface area (Å²) in [5.41, 5.74) is 6.18. The molecule has 0 aromatic carbocycles. The molecular weight excluding hydrogens is 550 g/mol. The molecule has 4 aliphatic rings. The first-order chi connectivity index (χ1) is 19.0. The van der Waals surface area contributed by atoms with Gasteiger partial charge in [0.1, 0.15) is 5.70 Å². The number of amides is 3. The zero-order chi connectivity index (χ0) is 28.9. The number of carboxylic acids is 1. The zero-order valence-corrected chi connectivity index (χ0v) is 22.8. The van der Waals surface area contributed by atoms with Crippen molar-refractivity contribution in [3.05, 3.63) is 22.5 Å². The number of thioether (sulfide) groups is 1. The molecule has 16 heteroatoms. The van der Waals surface area contributed by atoms with Gasteiger partial charge in [-0.15, -0.1) is 16.9 Å². The minimum atomic E-state index is -3.21. The number of carbonyl (C=O) groups excluding carboxylic acids is 3. The van der Waals surface area contributed by atoms with Crippen molar-refractivity contribution in [3.63, 3.8) is 0 Å². The first-order valence-corrected chi connectivity index (χ1v) is 14.1. The molecule has 4 aliphatic heterocycles. The molecule has 7 atom stereocenters. The molecule has 5 N–H and O–H groups in total. The Balaban J connectivity index is 1.21. The van der Waals surface area contributed by atoms with E-state index in [2.05, 4.69) is 20.9 Å². The second-order valence-corrected chi connectivity index (χ2v) is 12.0. The molecule has 3 saturated heterocycles. The monoisotopic (exact) mass is 582 g/mol. The molecule has 0 spiro atoms. The Hall–Kier alpha value is -3.11. The van der Waals surface area contributed by atoms with Crippen LogP contribution in [0.3, 0.4) is 0 Å². The maximum Gasteiger partial charge on any atom is 0.353 e.